The van der Waals surface area contributed by atoms with Gasteiger partial charge in [-0.25, -0.2) is 4.79 Å². The first kappa shape index (κ1) is 25.0. The van der Waals surface area contributed by atoms with Crippen LogP contribution in [-0.2, 0) is 6.18 Å². The topological polar surface area (TPSA) is 71.6 Å². The summed E-state index contributed by atoms with van der Waals surface area (Å²) >= 11 is 5.64. The fourth-order valence-corrected chi connectivity index (χ4v) is 3.87. The summed E-state index contributed by atoms with van der Waals surface area (Å²) in [4.78, 5) is 12.5. The summed E-state index contributed by atoms with van der Waals surface area (Å²) < 4.78 is 49.9. The van der Waals surface area contributed by atoms with E-state index >= 15 is 0 Å². The van der Waals surface area contributed by atoms with Crippen molar-refractivity contribution in [1.82, 2.24) is 0 Å². The zero-order valence-electron chi connectivity index (χ0n) is 19.2. The third-order valence-corrected chi connectivity index (χ3v) is 5.66. The number of anilines is 4. The number of alkyl halides is 3. The largest absolute Gasteiger partial charge is 0.493 e. The fourth-order valence-electron chi connectivity index (χ4n) is 3.64. The highest BCUT2D eigenvalue weighted by Crippen LogP contribution is 2.36. The maximum atomic E-state index is 13.1. The van der Waals surface area contributed by atoms with E-state index in [1.54, 1.807) is 38.5 Å². The van der Waals surface area contributed by atoms with Gasteiger partial charge in [0.1, 0.15) is 0 Å². The first-order valence-electron chi connectivity index (χ1n) is 10.6. The summed E-state index contributed by atoms with van der Waals surface area (Å²) in [6.45, 7) is 0. The normalized spacial score (nSPS) is 11.2. The van der Waals surface area contributed by atoms with Gasteiger partial charge < -0.3 is 25.4 Å². The van der Waals surface area contributed by atoms with Crippen LogP contribution in [0.25, 0.3) is 10.8 Å². The molecule has 4 rings (SSSR count). The Labute approximate surface area is 210 Å². The van der Waals surface area contributed by atoms with Gasteiger partial charge in [0.15, 0.2) is 11.5 Å². The summed E-state index contributed by atoms with van der Waals surface area (Å²) in [6, 6.07) is 18.9. The van der Waals surface area contributed by atoms with Crippen LogP contribution < -0.4 is 25.4 Å². The average Bonchev–Trinajstić information content (AvgIpc) is 2.84. The van der Waals surface area contributed by atoms with E-state index in [2.05, 4.69) is 16.0 Å². The predicted octanol–water partition coefficient (Wildman–Crippen LogP) is 7.92. The van der Waals surface area contributed by atoms with Crippen LogP contribution in [0, 0.1) is 0 Å². The van der Waals surface area contributed by atoms with Crippen LogP contribution >= 0.6 is 11.6 Å². The lowest BCUT2D eigenvalue weighted by Crippen LogP contribution is -2.20. The highest BCUT2D eigenvalue weighted by molar-refractivity contribution is 6.31. The second-order valence-corrected chi connectivity index (χ2v) is 8.11. The first-order chi connectivity index (χ1) is 17.2. The molecule has 0 aliphatic carbocycles. The number of hydrogen-bond donors (Lipinski definition) is 3. The van der Waals surface area contributed by atoms with Gasteiger partial charge >= 0.3 is 12.2 Å². The number of amides is 2. The van der Waals surface area contributed by atoms with E-state index in [4.69, 9.17) is 21.1 Å². The summed E-state index contributed by atoms with van der Waals surface area (Å²) in [5, 5.41) is 9.68. The lowest BCUT2D eigenvalue weighted by Gasteiger charge is -2.14. The van der Waals surface area contributed by atoms with Crippen LogP contribution in [0.1, 0.15) is 5.56 Å². The van der Waals surface area contributed by atoms with Gasteiger partial charge in [-0.1, -0.05) is 29.8 Å². The number of rotatable bonds is 6. The van der Waals surface area contributed by atoms with Crippen molar-refractivity contribution in [2.24, 2.45) is 0 Å². The lowest BCUT2D eigenvalue weighted by molar-refractivity contribution is -0.137. The monoisotopic (exact) mass is 515 g/mol. The molecule has 3 N–H and O–H groups in total. The molecule has 0 fully saturated rings. The van der Waals surface area contributed by atoms with Crippen molar-refractivity contribution < 1.29 is 27.4 Å². The Morgan fingerprint density at radius 3 is 2.17 bits per heavy atom. The van der Waals surface area contributed by atoms with E-state index in [0.717, 1.165) is 34.3 Å². The quantitative estimate of drug-likeness (QED) is 0.244. The van der Waals surface area contributed by atoms with Crippen LogP contribution in [0.3, 0.4) is 0 Å². The molecule has 0 atom stereocenters. The van der Waals surface area contributed by atoms with Crippen LogP contribution in [0.2, 0.25) is 5.02 Å². The molecule has 0 aliphatic rings. The second kappa shape index (κ2) is 10.2. The molecule has 0 radical (unpaired) electrons. The summed E-state index contributed by atoms with van der Waals surface area (Å²) in [5.41, 5.74) is 0.918. The van der Waals surface area contributed by atoms with E-state index in [1.807, 2.05) is 30.3 Å². The minimum absolute atomic E-state index is 0.0409. The molecule has 2 amide bonds. The number of urea groups is 1. The minimum atomic E-state index is -4.64. The molecule has 0 aliphatic heterocycles. The van der Waals surface area contributed by atoms with Crippen LogP contribution in [0.15, 0.2) is 72.8 Å². The minimum Gasteiger partial charge on any atom is -0.493 e. The Morgan fingerprint density at radius 2 is 1.47 bits per heavy atom. The standard InChI is InChI=1S/C26H21ClF3N3O3/c1-35-23-11-9-18(14-24(23)36-2)31-22-5-3-4-15-6-7-16(12-19(15)22)32-25(34)33-17-8-10-21(27)20(13-17)26(28,29)30/h3-14,31H,1-2H3,(H2,32,33,34). The van der Waals surface area contributed by atoms with Crippen LogP contribution in [0.4, 0.5) is 40.7 Å². The number of methoxy groups -OCH3 is 2. The number of carbonyl (C=O) groups is 1. The van der Waals surface area contributed by atoms with Gasteiger partial charge in [0.05, 0.1) is 24.8 Å². The fraction of sp³-hybridized carbons (Fsp3) is 0.115. The Morgan fingerprint density at radius 1 is 0.806 bits per heavy atom. The molecule has 4 aromatic rings. The molecule has 0 saturated carbocycles. The number of halogens is 4. The maximum Gasteiger partial charge on any atom is 0.417 e. The molecule has 0 heterocycles. The van der Waals surface area contributed by atoms with E-state index in [-0.39, 0.29) is 5.69 Å². The van der Waals surface area contributed by atoms with Crippen molar-refractivity contribution in [3.63, 3.8) is 0 Å². The van der Waals surface area contributed by atoms with Gasteiger partial charge in [0.25, 0.3) is 0 Å². The molecular weight excluding hydrogens is 495 g/mol. The van der Waals surface area contributed by atoms with Crippen molar-refractivity contribution in [2.75, 3.05) is 30.2 Å². The van der Waals surface area contributed by atoms with Crippen LogP contribution in [0.5, 0.6) is 11.5 Å². The average molecular weight is 516 g/mol. The lowest BCUT2D eigenvalue weighted by atomic mass is 10.1. The third kappa shape index (κ3) is 5.58. The summed E-state index contributed by atoms with van der Waals surface area (Å²) in [7, 11) is 3.11. The third-order valence-electron chi connectivity index (χ3n) is 5.33. The summed E-state index contributed by atoms with van der Waals surface area (Å²) in [6.07, 6.45) is -4.64. The molecule has 6 nitrogen and oxygen atoms in total. The zero-order valence-corrected chi connectivity index (χ0v) is 19.9. The number of nitrogens with one attached hydrogen (secondary N) is 3. The van der Waals surface area contributed by atoms with Crippen molar-refractivity contribution in [2.45, 2.75) is 6.18 Å². The Balaban J connectivity index is 1.55. The van der Waals surface area contributed by atoms with Crippen LogP contribution in [-0.4, -0.2) is 20.3 Å². The molecule has 186 valence electrons. The SMILES string of the molecule is COc1ccc(Nc2cccc3ccc(NC(=O)Nc4ccc(Cl)c(C(F)(F)F)c4)cc23)cc1OC. The van der Waals surface area contributed by atoms with Gasteiger partial charge in [-0.05, 0) is 53.9 Å². The first-order valence-corrected chi connectivity index (χ1v) is 11.0. The van der Waals surface area contributed by atoms with E-state index in [9.17, 15) is 18.0 Å². The van der Waals surface area contributed by atoms with E-state index in [1.165, 1.54) is 6.07 Å². The molecule has 36 heavy (non-hydrogen) atoms. The van der Waals surface area contributed by atoms with E-state index < -0.39 is 22.8 Å². The number of fused-ring (bicyclic) bond motifs is 1. The number of benzene rings is 4. The maximum absolute atomic E-state index is 13.1. The Hall–Kier alpha value is -4.11. The smallest absolute Gasteiger partial charge is 0.417 e. The predicted molar refractivity (Wildman–Crippen MR) is 136 cm³/mol. The highest BCUT2D eigenvalue weighted by atomic mass is 35.5. The Bertz CT molecular complexity index is 1430. The molecule has 4 aromatic carbocycles. The van der Waals surface area contributed by atoms with Crippen molar-refractivity contribution >= 4 is 51.2 Å². The number of carbonyl (C=O) groups excluding carboxylic acids is 1. The zero-order chi connectivity index (χ0) is 25.9. The summed E-state index contributed by atoms with van der Waals surface area (Å²) in [5.74, 6) is 1.17. The molecule has 0 spiro atoms. The molecule has 10 heteroatoms. The second-order valence-electron chi connectivity index (χ2n) is 7.71. The molecule has 0 aromatic heterocycles. The molecule has 0 saturated heterocycles. The highest BCUT2D eigenvalue weighted by Gasteiger charge is 2.33. The van der Waals surface area contributed by atoms with Gasteiger partial charge in [-0.3, -0.25) is 0 Å². The molecular formula is C26H21ClF3N3O3. The van der Waals surface area contributed by atoms with Gasteiger partial charge in [-0.15, -0.1) is 0 Å². The van der Waals surface area contributed by atoms with Crippen molar-refractivity contribution in [3.05, 3.63) is 83.4 Å². The van der Waals surface area contributed by atoms with Gasteiger partial charge in [0.2, 0.25) is 0 Å². The van der Waals surface area contributed by atoms with E-state index in [0.29, 0.717) is 17.2 Å². The number of ether oxygens (including phenoxy) is 2. The van der Waals surface area contributed by atoms with Gasteiger partial charge in [0, 0.05) is 34.2 Å². The molecule has 0 unspecified atom stereocenters. The van der Waals surface area contributed by atoms with Crippen molar-refractivity contribution in [3.8, 4) is 11.5 Å². The Kier molecular flexibility index (Phi) is 7.12. The van der Waals surface area contributed by atoms with Crippen molar-refractivity contribution in [1.29, 1.82) is 0 Å². The number of hydrogen-bond acceptors (Lipinski definition) is 4. The van der Waals surface area contributed by atoms with Gasteiger partial charge in [-0.2, -0.15) is 13.2 Å². The molecule has 0 bridgehead atoms.